The van der Waals surface area contributed by atoms with E-state index in [-0.39, 0.29) is 0 Å². The maximum atomic E-state index is 11.7. The van der Waals surface area contributed by atoms with Crippen molar-refractivity contribution in [2.45, 2.75) is 0 Å². The van der Waals surface area contributed by atoms with E-state index in [0.29, 0.717) is 0 Å². The van der Waals surface area contributed by atoms with Gasteiger partial charge in [-0.3, -0.25) is 0 Å². The molecule has 0 spiro atoms. The number of nitrogens with zero attached hydrogens (tertiary/aromatic N) is 3. The lowest BCUT2D eigenvalue weighted by Crippen LogP contribution is -1.85. The average molecular weight is 99.1 g/mol. The van der Waals surface area contributed by atoms with Crippen molar-refractivity contribution >= 4 is 0 Å². The van der Waals surface area contributed by atoms with Gasteiger partial charge in [-0.25, -0.2) is 4.98 Å². The van der Waals surface area contributed by atoms with E-state index in [4.69, 9.17) is 0 Å². The predicted octanol–water partition coefficient (Wildman–Crippen LogP) is 0.0107. The molecule has 0 bridgehead atoms. The minimum atomic E-state index is -0.650. The highest BCUT2D eigenvalue weighted by Crippen LogP contribution is 1.78. The summed E-state index contributed by atoms with van der Waals surface area (Å²) in [6.45, 7) is 0. The molecule has 3 nitrogen and oxygen atoms in total. The van der Waals surface area contributed by atoms with Gasteiger partial charge in [0.1, 0.15) is 6.33 Å². The fraction of sp³-hybridized carbons (Fsp3) is 0. The molecule has 36 valence electrons. The first-order valence-corrected chi connectivity index (χ1v) is 1.68. The molecule has 4 heteroatoms. The molecule has 0 aliphatic carbocycles. The number of rotatable bonds is 0. The molecule has 0 N–H and O–H groups in total. The van der Waals surface area contributed by atoms with Gasteiger partial charge < -0.3 is 0 Å². The van der Waals surface area contributed by atoms with Crippen LogP contribution in [0.5, 0.6) is 0 Å². The van der Waals surface area contributed by atoms with Gasteiger partial charge >= 0.3 is 0 Å². The molecule has 0 aliphatic heterocycles. The molecule has 0 aromatic carbocycles. The highest BCUT2D eigenvalue weighted by molar-refractivity contribution is 4.65. The largest absolute Gasteiger partial charge is 0.251 e. The van der Waals surface area contributed by atoms with Gasteiger partial charge in [0.25, 0.3) is 5.95 Å². The maximum Gasteiger partial charge on any atom is 0.251 e. The minimum absolute atomic E-state index is 0.650. The smallest absolute Gasteiger partial charge is 0.238 e. The van der Waals surface area contributed by atoms with Gasteiger partial charge in [0.15, 0.2) is 0 Å². The normalized spacial score (nSPS) is 8.71. The van der Waals surface area contributed by atoms with E-state index < -0.39 is 5.95 Å². The summed E-state index contributed by atoms with van der Waals surface area (Å²) in [4.78, 5) is 3.34. The SMILES string of the molecule is Fc1cncnn1. The Morgan fingerprint density at radius 2 is 2.43 bits per heavy atom. The van der Waals surface area contributed by atoms with Crippen molar-refractivity contribution < 1.29 is 4.39 Å². The van der Waals surface area contributed by atoms with E-state index >= 15 is 0 Å². The summed E-state index contributed by atoms with van der Waals surface area (Å²) >= 11 is 0. The van der Waals surface area contributed by atoms with Gasteiger partial charge in [0.05, 0.1) is 6.20 Å². The van der Waals surface area contributed by atoms with Crippen LogP contribution in [0.15, 0.2) is 12.5 Å². The van der Waals surface area contributed by atoms with Crippen LogP contribution in [0.3, 0.4) is 0 Å². The highest BCUT2D eigenvalue weighted by Gasteiger charge is 1.81. The van der Waals surface area contributed by atoms with E-state index in [1.807, 2.05) is 0 Å². The summed E-state index contributed by atoms with van der Waals surface area (Å²) in [7, 11) is 0. The second-order valence-electron chi connectivity index (χ2n) is 0.932. The second kappa shape index (κ2) is 1.59. The van der Waals surface area contributed by atoms with Crippen molar-refractivity contribution in [3.05, 3.63) is 18.5 Å². The van der Waals surface area contributed by atoms with Crippen molar-refractivity contribution in [1.82, 2.24) is 15.2 Å². The first-order valence-electron chi connectivity index (χ1n) is 1.68. The Morgan fingerprint density at radius 1 is 1.57 bits per heavy atom. The van der Waals surface area contributed by atoms with Crippen LogP contribution >= 0.6 is 0 Å². The zero-order valence-electron chi connectivity index (χ0n) is 3.37. The van der Waals surface area contributed by atoms with Crippen LogP contribution in [-0.4, -0.2) is 15.2 Å². The third-order valence-electron chi connectivity index (χ3n) is 0.453. The molecule has 0 saturated heterocycles. The van der Waals surface area contributed by atoms with Gasteiger partial charge in [-0.2, -0.15) is 4.39 Å². The summed E-state index contributed by atoms with van der Waals surface area (Å²) in [6, 6.07) is 0. The maximum absolute atomic E-state index is 11.7. The fourth-order valence-corrected chi connectivity index (χ4v) is 0.231. The second-order valence-corrected chi connectivity index (χ2v) is 0.932. The van der Waals surface area contributed by atoms with Gasteiger partial charge in [0, 0.05) is 0 Å². The van der Waals surface area contributed by atoms with Gasteiger partial charge in [-0.1, -0.05) is 0 Å². The Balaban J connectivity index is 3.02. The molecular formula is C3H2FN3. The van der Waals surface area contributed by atoms with E-state index in [9.17, 15) is 4.39 Å². The summed E-state index contributed by atoms with van der Waals surface area (Å²) in [5, 5.41) is 6.15. The molecule has 0 radical (unpaired) electrons. The first-order chi connectivity index (χ1) is 3.39. The van der Waals surface area contributed by atoms with Crippen LogP contribution in [0.25, 0.3) is 0 Å². The average Bonchev–Trinajstić information content (AvgIpc) is 1.69. The number of hydrogen-bond acceptors (Lipinski definition) is 3. The van der Waals surface area contributed by atoms with Gasteiger partial charge in [0.2, 0.25) is 0 Å². The lowest BCUT2D eigenvalue weighted by atomic mass is 10.9. The lowest BCUT2D eigenvalue weighted by molar-refractivity contribution is 0.553. The Hall–Kier alpha value is -1.06. The molecule has 1 aromatic rings. The zero-order chi connectivity index (χ0) is 5.11. The van der Waals surface area contributed by atoms with Crippen molar-refractivity contribution in [3.8, 4) is 0 Å². The standard InChI is InChI=1S/C3H2FN3/c4-3-1-5-2-6-7-3/h1-2H. The van der Waals surface area contributed by atoms with Crippen molar-refractivity contribution in [2.75, 3.05) is 0 Å². The molecule has 1 heterocycles. The van der Waals surface area contributed by atoms with Gasteiger partial charge in [-0.15, -0.1) is 10.2 Å². The zero-order valence-corrected chi connectivity index (χ0v) is 3.37. The molecule has 0 unspecified atom stereocenters. The minimum Gasteiger partial charge on any atom is -0.238 e. The number of aromatic nitrogens is 3. The molecule has 0 aliphatic rings. The molecule has 7 heavy (non-hydrogen) atoms. The molecular weight excluding hydrogens is 97.1 g/mol. The third kappa shape index (κ3) is 0.887. The topological polar surface area (TPSA) is 38.7 Å². The summed E-state index contributed by atoms with van der Waals surface area (Å²) in [5.74, 6) is -0.650. The lowest BCUT2D eigenvalue weighted by Gasteiger charge is -1.76. The van der Waals surface area contributed by atoms with Crippen LogP contribution < -0.4 is 0 Å². The van der Waals surface area contributed by atoms with Crippen LogP contribution in [0.1, 0.15) is 0 Å². The predicted molar refractivity (Wildman–Crippen MR) is 19.8 cm³/mol. The van der Waals surface area contributed by atoms with Crippen LogP contribution in [0.4, 0.5) is 4.39 Å². The van der Waals surface area contributed by atoms with Crippen LogP contribution in [0, 0.1) is 5.95 Å². The van der Waals surface area contributed by atoms with Crippen LogP contribution in [0.2, 0.25) is 0 Å². The van der Waals surface area contributed by atoms with Gasteiger partial charge in [-0.05, 0) is 0 Å². The number of hydrogen-bond donors (Lipinski definition) is 0. The van der Waals surface area contributed by atoms with E-state index in [1.54, 1.807) is 0 Å². The van der Waals surface area contributed by atoms with Crippen molar-refractivity contribution in [1.29, 1.82) is 0 Å². The Labute approximate surface area is 39.2 Å². The van der Waals surface area contributed by atoms with Crippen LogP contribution in [-0.2, 0) is 0 Å². The van der Waals surface area contributed by atoms with E-state index in [1.165, 1.54) is 6.33 Å². The first kappa shape index (κ1) is 4.11. The van der Waals surface area contributed by atoms with Crippen molar-refractivity contribution in [2.24, 2.45) is 0 Å². The fourth-order valence-electron chi connectivity index (χ4n) is 0.231. The summed E-state index contributed by atoms with van der Waals surface area (Å²) < 4.78 is 11.7. The monoisotopic (exact) mass is 99.0 g/mol. The van der Waals surface area contributed by atoms with E-state index in [2.05, 4.69) is 15.2 Å². The molecule has 1 aromatic heterocycles. The molecule has 0 saturated carbocycles. The quantitative estimate of drug-likeness (QED) is 0.460. The third-order valence-corrected chi connectivity index (χ3v) is 0.453. The Bertz CT molecular complexity index is 140. The summed E-state index contributed by atoms with van der Waals surface area (Å²) in [5.41, 5.74) is 0. The summed E-state index contributed by atoms with van der Waals surface area (Å²) in [6.07, 6.45) is 2.16. The Kier molecular flexibility index (Phi) is 0.934. The van der Waals surface area contributed by atoms with Crippen molar-refractivity contribution in [3.63, 3.8) is 0 Å². The highest BCUT2D eigenvalue weighted by atomic mass is 19.1. The molecule has 0 atom stereocenters. The molecule has 0 amide bonds. The number of halogens is 1. The Morgan fingerprint density at radius 3 is 2.71 bits per heavy atom. The van der Waals surface area contributed by atoms with E-state index in [0.717, 1.165) is 6.20 Å². The molecule has 0 fully saturated rings. The molecule has 1 rings (SSSR count).